The van der Waals surface area contributed by atoms with E-state index in [0.717, 1.165) is 38.2 Å². The summed E-state index contributed by atoms with van der Waals surface area (Å²) in [5.74, 6) is 0.658. The van der Waals surface area contributed by atoms with Crippen molar-refractivity contribution in [3.05, 3.63) is 81.8 Å². The molecule has 1 N–H and O–H groups in total. The smallest absolute Gasteiger partial charge is 0.307 e. The predicted molar refractivity (Wildman–Crippen MR) is 125 cm³/mol. The summed E-state index contributed by atoms with van der Waals surface area (Å²) in [6, 6.07) is 17.3. The lowest BCUT2D eigenvalue weighted by Gasteiger charge is -2.10. The van der Waals surface area contributed by atoms with Crippen molar-refractivity contribution < 1.29 is 13.9 Å². The summed E-state index contributed by atoms with van der Waals surface area (Å²) in [5.41, 5.74) is 7.23. The van der Waals surface area contributed by atoms with Crippen molar-refractivity contribution in [2.24, 2.45) is 5.10 Å². The van der Waals surface area contributed by atoms with Crippen LogP contribution in [-0.4, -0.2) is 23.3 Å². The van der Waals surface area contributed by atoms with Gasteiger partial charge in [-0.25, -0.2) is 5.43 Å². The average Bonchev–Trinajstić information content (AvgIpc) is 3.29. The molecule has 31 heavy (non-hydrogen) atoms. The number of nitrogens with one attached hydrogen (secondary N) is 1. The van der Waals surface area contributed by atoms with Crippen LogP contribution in [0.4, 0.5) is 0 Å². The summed E-state index contributed by atoms with van der Waals surface area (Å²) in [6.07, 6.45) is 1.64. The molecular weight excluding hydrogens is 458 g/mol. The van der Waals surface area contributed by atoms with Crippen LogP contribution in [0.15, 0.2) is 68.6 Å². The highest BCUT2D eigenvalue weighted by Gasteiger charge is 2.13. The van der Waals surface area contributed by atoms with Crippen LogP contribution in [0.1, 0.15) is 34.4 Å². The number of halogens is 1. The molecule has 0 saturated carbocycles. The summed E-state index contributed by atoms with van der Waals surface area (Å²) in [6.45, 7) is 6.65. The number of carbonyl (C=O) groups is 1. The predicted octanol–water partition coefficient (Wildman–Crippen LogP) is 5.77. The molecule has 0 bridgehead atoms. The fourth-order valence-electron chi connectivity index (χ4n) is 3.52. The summed E-state index contributed by atoms with van der Waals surface area (Å²) in [7, 11) is 0. The Labute approximate surface area is 188 Å². The van der Waals surface area contributed by atoms with E-state index in [4.69, 9.17) is 9.15 Å². The summed E-state index contributed by atoms with van der Waals surface area (Å²) >= 11 is 3.41. The molecule has 0 spiro atoms. The van der Waals surface area contributed by atoms with Gasteiger partial charge in [-0.15, -0.1) is 0 Å². The van der Waals surface area contributed by atoms with Crippen LogP contribution in [0.5, 0.6) is 5.75 Å². The third kappa shape index (κ3) is 4.41. The fourth-order valence-corrected chi connectivity index (χ4v) is 3.89. The zero-order chi connectivity index (χ0) is 22.0. The minimum atomic E-state index is -0.399. The second kappa shape index (κ2) is 8.81. The number of furan rings is 1. The highest BCUT2D eigenvalue weighted by atomic mass is 79.9. The average molecular weight is 480 g/mol. The number of ether oxygens (including phenoxy) is 1. The minimum absolute atomic E-state index is 0.213. The third-order valence-electron chi connectivity index (χ3n) is 4.95. The number of rotatable bonds is 6. The van der Waals surface area contributed by atoms with E-state index in [1.807, 2.05) is 69.3 Å². The van der Waals surface area contributed by atoms with Gasteiger partial charge in [0.1, 0.15) is 11.3 Å². The van der Waals surface area contributed by atoms with Crippen LogP contribution in [0.2, 0.25) is 0 Å². The van der Waals surface area contributed by atoms with Crippen molar-refractivity contribution in [1.82, 2.24) is 9.99 Å². The highest BCUT2D eigenvalue weighted by Crippen LogP contribution is 2.24. The van der Waals surface area contributed by atoms with E-state index in [2.05, 4.69) is 31.0 Å². The summed E-state index contributed by atoms with van der Waals surface area (Å²) < 4.78 is 14.2. The number of benzene rings is 2. The number of amides is 1. The molecule has 0 aliphatic rings. The Morgan fingerprint density at radius 2 is 1.94 bits per heavy atom. The van der Waals surface area contributed by atoms with Gasteiger partial charge in [0.15, 0.2) is 5.76 Å². The van der Waals surface area contributed by atoms with Crippen molar-refractivity contribution in [2.75, 3.05) is 6.61 Å². The normalized spacial score (nSPS) is 11.4. The molecule has 0 fully saturated rings. The maximum Gasteiger partial charge on any atom is 0.307 e. The molecule has 4 rings (SSSR count). The zero-order valence-corrected chi connectivity index (χ0v) is 19.1. The molecule has 1 amide bonds. The van der Waals surface area contributed by atoms with Crippen molar-refractivity contribution >= 4 is 39.0 Å². The van der Waals surface area contributed by atoms with Crippen LogP contribution >= 0.6 is 15.9 Å². The second-order valence-electron chi connectivity index (χ2n) is 7.08. The van der Waals surface area contributed by atoms with Gasteiger partial charge in [0.25, 0.3) is 0 Å². The van der Waals surface area contributed by atoms with Gasteiger partial charge in [-0.3, -0.25) is 4.79 Å². The van der Waals surface area contributed by atoms with E-state index in [9.17, 15) is 4.79 Å². The number of aromatic nitrogens is 1. The van der Waals surface area contributed by atoms with E-state index >= 15 is 0 Å². The molecule has 2 aromatic carbocycles. The molecule has 4 aromatic rings. The first-order valence-corrected chi connectivity index (χ1v) is 10.7. The van der Waals surface area contributed by atoms with Gasteiger partial charge in [0, 0.05) is 32.5 Å². The van der Waals surface area contributed by atoms with Gasteiger partial charge in [0.2, 0.25) is 0 Å². The topological polar surface area (TPSA) is 68.8 Å². The first-order chi connectivity index (χ1) is 15.0. The Kier molecular flexibility index (Phi) is 5.95. The minimum Gasteiger partial charge on any atom is -0.494 e. The first kappa shape index (κ1) is 20.9. The Balaban J connectivity index is 1.50. The molecule has 0 aliphatic heterocycles. The maximum atomic E-state index is 12.4. The standard InChI is InChI=1S/C24H22BrN3O3/c1-4-30-21-8-6-20(7-9-21)28-15(2)11-18(16(28)3)14-26-27-24(29)23-13-17-12-19(25)5-10-22(17)31-23/h5-14H,4H2,1-3H3,(H,27,29)/b26-14+. The number of carbonyl (C=O) groups excluding carboxylic acids is 1. The molecule has 0 atom stereocenters. The number of fused-ring (bicyclic) bond motifs is 1. The Hall–Kier alpha value is -3.32. The number of nitrogens with zero attached hydrogens (tertiary/aromatic N) is 2. The maximum absolute atomic E-state index is 12.4. The van der Waals surface area contributed by atoms with Gasteiger partial charge in [-0.2, -0.15) is 5.10 Å². The molecule has 0 saturated heterocycles. The molecule has 2 aromatic heterocycles. The summed E-state index contributed by atoms with van der Waals surface area (Å²) in [5, 5.41) is 4.98. The Morgan fingerprint density at radius 3 is 2.68 bits per heavy atom. The van der Waals surface area contributed by atoms with Crippen LogP contribution in [0.25, 0.3) is 16.7 Å². The molecule has 0 unspecified atom stereocenters. The van der Waals surface area contributed by atoms with Crippen molar-refractivity contribution in [1.29, 1.82) is 0 Å². The molecule has 0 aliphatic carbocycles. The van der Waals surface area contributed by atoms with Gasteiger partial charge in [0.05, 0.1) is 12.8 Å². The van der Waals surface area contributed by atoms with Crippen molar-refractivity contribution in [3.8, 4) is 11.4 Å². The highest BCUT2D eigenvalue weighted by molar-refractivity contribution is 9.10. The molecule has 158 valence electrons. The quantitative estimate of drug-likeness (QED) is 0.282. The van der Waals surface area contributed by atoms with Crippen molar-refractivity contribution in [3.63, 3.8) is 0 Å². The molecule has 2 heterocycles. The zero-order valence-electron chi connectivity index (χ0n) is 17.5. The van der Waals surface area contributed by atoms with Gasteiger partial charge in [-0.1, -0.05) is 15.9 Å². The van der Waals surface area contributed by atoms with Crippen molar-refractivity contribution in [2.45, 2.75) is 20.8 Å². The van der Waals surface area contributed by atoms with Gasteiger partial charge >= 0.3 is 5.91 Å². The fraction of sp³-hybridized carbons (Fsp3) is 0.167. The van der Waals surface area contributed by atoms with Crippen LogP contribution in [0.3, 0.4) is 0 Å². The summed E-state index contributed by atoms with van der Waals surface area (Å²) in [4.78, 5) is 12.4. The van der Waals surface area contributed by atoms with Crippen LogP contribution in [-0.2, 0) is 0 Å². The largest absolute Gasteiger partial charge is 0.494 e. The van der Waals surface area contributed by atoms with Crippen LogP contribution < -0.4 is 10.2 Å². The van der Waals surface area contributed by atoms with E-state index in [-0.39, 0.29) is 5.76 Å². The third-order valence-corrected chi connectivity index (χ3v) is 5.44. The molecule has 7 heteroatoms. The Morgan fingerprint density at radius 1 is 1.16 bits per heavy atom. The number of hydrogen-bond acceptors (Lipinski definition) is 4. The van der Waals surface area contributed by atoms with E-state index in [0.29, 0.717) is 12.2 Å². The number of hydrogen-bond donors (Lipinski definition) is 1. The lowest BCUT2D eigenvalue weighted by atomic mass is 10.2. The molecule has 6 nitrogen and oxygen atoms in total. The Bertz CT molecular complexity index is 1270. The lowest BCUT2D eigenvalue weighted by Crippen LogP contribution is -2.16. The van der Waals surface area contributed by atoms with E-state index < -0.39 is 5.91 Å². The van der Waals surface area contributed by atoms with Gasteiger partial charge < -0.3 is 13.7 Å². The monoisotopic (exact) mass is 479 g/mol. The lowest BCUT2D eigenvalue weighted by molar-refractivity contribution is 0.0929. The molecule has 0 radical (unpaired) electrons. The number of aryl methyl sites for hydroxylation is 1. The second-order valence-corrected chi connectivity index (χ2v) is 8.00. The van der Waals surface area contributed by atoms with E-state index in [1.165, 1.54) is 0 Å². The van der Waals surface area contributed by atoms with Gasteiger partial charge in [-0.05, 0) is 75.4 Å². The van der Waals surface area contributed by atoms with Crippen LogP contribution in [0, 0.1) is 13.8 Å². The number of hydrazone groups is 1. The molecular formula is C24H22BrN3O3. The van der Waals surface area contributed by atoms with E-state index in [1.54, 1.807) is 12.3 Å². The first-order valence-electron chi connectivity index (χ1n) is 9.91. The SMILES string of the molecule is CCOc1ccc(-n2c(C)cc(/C=N/NC(=O)c3cc4cc(Br)ccc4o3)c2C)cc1.